The van der Waals surface area contributed by atoms with Gasteiger partial charge in [-0.15, -0.1) is 0 Å². The van der Waals surface area contributed by atoms with Crippen molar-refractivity contribution in [3.05, 3.63) is 12.2 Å². The highest BCUT2D eigenvalue weighted by molar-refractivity contribution is 5.72. The molecule has 1 N–H and O–H groups in total. The third-order valence-electron chi connectivity index (χ3n) is 3.63. The molecule has 0 aromatic heterocycles. The first-order valence-electron chi connectivity index (χ1n) is 8.56. The molecule has 0 rings (SSSR count). The summed E-state index contributed by atoms with van der Waals surface area (Å²) in [4.78, 5) is 11.0. The lowest BCUT2D eigenvalue weighted by Crippen LogP contribution is -2.24. The van der Waals surface area contributed by atoms with Gasteiger partial charge in [-0.3, -0.25) is 0 Å². The highest BCUT2D eigenvalue weighted by Gasteiger charge is 2.17. The number of unbranched alkanes of at least 4 members (excludes halogenated alkanes) is 9. The van der Waals surface area contributed by atoms with Gasteiger partial charge in [-0.05, 0) is 13.3 Å². The average Bonchev–Trinajstić information content (AvgIpc) is 2.43. The zero-order chi connectivity index (χ0) is 15.9. The average molecular weight is 298 g/mol. The van der Waals surface area contributed by atoms with Gasteiger partial charge in [0.15, 0.2) is 6.10 Å². The topological polar surface area (TPSA) is 46.5 Å². The zero-order valence-electron chi connectivity index (χ0n) is 14.0. The molecule has 0 aliphatic rings. The summed E-state index contributed by atoms with van der Waals surface area (Å²) in [7, 11) is 0. The molecule has 21 heavy (non-hydrogen) atoms. The minimum absolute atomic E-state index is 0.342. The maximum atomic E-state index is 11.0. The smallest absolute Gasteiger partial charge is 0.332 e. The standard InChI is InChI=1S/C18H34O3/c1-4-5-6-7-8-9-10-11-12-13-14-17(18(19)20)21-15-16(2)3/h17H,2,4-15H2,1,3H3,(H,19,20). The lowest BCUT2D eigenvalue weighted by molar-refractivity contribution is -0.150. The second-order valence-corrected chi connectivity index (χ2v) is 6.07. The molecular weight excluding hydrogens is 264 g/mol. The van der Waals surface area contributed by atoms with E-state index in [1.54, 1.807) is 0 Å². The molecule has 0 saturated carbocycles. The third kappa shape index (κ3) is 13.9. The molecule has 0 fully saturated rings. The van der Waals surface area contributed by atoms with E-state index < -0.39 is 12.1 Å². The van der Waals surface area contributed by atoms with E-state index in [2.05, 4.69) is 13.5 Å². The fourth-order valence-electron chi connectivity index (χ4n) is 2.34. The number of carbonyl (C=O) groups is 1. The van der Waals surface area contributed by atoms with E-state index in [0.717, 1.165) is 18.4 Å². The van der Waals surface area contributed by atoms with Gasteiger partial charge in [0, 0.05) is 0 Å². The number of carboxylic acids is 1. The van der Waals surface area contributed by atoms with Crippen molar-refractivity contribution in [1.82, 2.24) is 0 Å². The molecule has 124 valence electrons. The SMILES string of the molecule is C=C(C)COC(CCCCCCCCCCCC)C(=O)O. The Kier molecular flexibility index (Phi) is 13.6. The Morgan fingerprint density at radius 1 is 1.00 bits per heavy atom. The first-order valence-corrected chi connectivity index (χ1v) is 8.56. The van der Waals surface area contributed by atoms with E-state index in [1.807, 2.05) is 6.92 Å². The molecule has 0 aromatic carbocycles. The molecular formula is C18H34O3. The van der Waals surface area contributed by atoms with Crippen molar-refractivity contribution >= 4 is 5.97 Å². The van der Waals surface area contributed by atoms with E-state index in [4.69, 9.17) is 9.84 Å². The molecule has 0 saturated heterocycles. The molecule has 0 aliphatic heterocycles. The highest BCUT2D eigenvalue weighted by Crippen LogP contribution is 2.13. The van der Waals surface area contributed by atoms with Crippen LogP contribution in [0.4, 0.5) is 0 Å². The number of hydrogen-bond acceptors (Lipinski definition) is 2. The Labute approximate surface area is 130 Å². The number of carboxylic acid groups (broad SMARTS) is 1. The Bertz CT molecular complexity index is 274. The summed E-state index contributed by atoms with van der Waals surface area (Å²) in [6.45, 7) is 8.15. The first-order chi connectivity index (χ1) is 10.1. The third-order valence-corrected chi connectivity index (χ3v) is 3.63. The van der Waals surface area contributed by atoms with Crippen LogP contribution in [0.2, 0.25) is 0 Å². The minimum Gasteiger partial charge on any atom is -0.479 e. The van der Waals surface area contributed by atoms with Gasteiger partial charge in [0.2, 0.25) is 0 Å². The summed E-state index contributed by atoms with van der Waals surface area (Å²) in [6, 6.07) is 0. The van der Waals surface area contributed by atoms with Crippen molar-refractivity contribution in [3.8, 4) is 0 Å². The predicted octanol–water partition coefficient (Wildman–Crippen LogP) is 5.34. The van der Waals surface area contributed by atoms with Crippen molar-refractivity contribution in [3.63, 3.8) is 0 Å². The van der Waals surface area contributed by atoms with Crippen molar-refractivity contribution < 1.29 is 14.6 Å². The fraction of sp³-hybridized carbons (Fsp3) is 0.833. The molecule has 3 heteroatoms. The molecule has 0 heterocycles. The summed E-state index contributed by atoms with van der Waals surface area (Å²) >= 11 is 0. The molecule has 3 nitrogen and oxygen atoms in total. The Hall–Kier alpha value is -0.830. The van der Waals surface area contributed by atoms with E-state index in [-0.39, 0.29) is 0 Å². The number of rotatable bonds is 15. The molecule has 0 radical (unpaired) electrons. The van der Waals surface area contributed by atoms with Crippen LogP contribution in [0.15, 0.2) is 12.2 Å². The maximum Gasteiger partial charge on any atom is 0.332 e. The van der Waals surface area contributed by atoms with Crippen LogP contribution in [-0.2, 0) is 9.53 Å². The monoisotopic (exact) mass is 298 g/mol. The van der Waals surface area contributed by atoms with Crippen LogP contribution in [-0.4, -0.2) is 23.8 Å². The largest absolute Gasteiger partial charge is 0.479 e. The van der Waals surface area contributed by atoms with Crippen LogP contribution in [0.5, 0.6) is 0 Å². The van der Waals surface area contributed by atoms with Gasteiger partial charge < -0.3 is 9.84 Å². The van der Waals surface area contributed by atoms with Crippen LogP contribution in [0.1, 0.15) is 84.5 Å². The van der Waals surface area contributed by atoms with Gasteiger partial charge in [0.05, 0.1) is 6.61 Å². The molecule has 0 aromatic rings. The lowest BCUT2D eigenvalue weighted by atomic mass is 10.0. The normalized spacial score (nSPS) is 12.3. The van der Waals surface area contributed by atoms with Crippen LogP contribution in [0, 0.1) is 0 Å². The minimum atomic E-state index is -0.854. The summed E-state index contributed by atoms with van der Waals surface area (Å²) in [6.07, 6.45) is 12.5. The Morgan fingerprint density at radius 2 is 1.48 bits per heavy atom. The zero-order valence-corrected chi connectivity index (χ0v) is 14.0. The predicted molar refractivity (Wildman–Crippen MR) is 88.7 cm³/mol. The Balaban J connectivity index is 3.45. The quantitative estimate of drug-likeness (QED) is 0.328. The van der Waals surface area contributed by atoms with E-state index in [0.29, 0.717) is 13.0 Å². The second kappa shape index (κ2) is 14.1. The van der Waals surface area contributed by atoms with Crippen molar-refractivity contribution in [2.24, 2.45) is 0 Å². The van der Waals surface area contributed by atoms with Gasteiger partial charge in [0.1, 0.15) is 0 Å². The van der Waals surface area contributed by atoms with Gasteiger partial charge in [-0.25, -0.2) is 4.79 Å². The molecule has 1 atom stereocenters. The van der Waals surface area contributed by atoms with Gasteiger partial charge in [-0.2, -0.15) is 0 Å². The first kappa shape index (κ1) is 20.2. The van der Waals surface area contributed by atoms with Crippen LogP contribution in [0.25, 0.3) is 0 Å². The second-order valence-electron chi connectivity index (χ2n) is 6.07. The fourth-order valence-corrected chi connectivity index (χ4v) is 2.34. The molecule has 1 unspecified atom stereocenters. The Morgan fingerprint density at radius 3 is 1.90 bits per heavy atom. The van der Waals surface area contributed by atoms with E-state index in [1.165, 1.54) is 51.4 Å². The molecule has 0 spiro atoms. The van der Waals surface area contributed by atoms with Gasteiger partial charge >= 0.3 is 5.97 Å². The molecule has 0 bridgehead atoms. The van der Waals surface area contributed by atoms with Gasteiger partial charge in [-0.1, -0.05) is 83.3 Å². The van der Waals surface area contributed by atoms with Crippen LogP contribution >= 0.6 is 0 Å². The lowest BCUT2D eigenvalue weighted by Gasteiger charge is -2.13. The van der Waals surface area contributed by atoms with Crippen molar-refractivity contribution in [2.45, 2.75) is 90.6 Å². The number of hydrogen-bond donors (Lipinski definition) is 1. The van der Waals surface area contributed by atoms with Crippen molar-refractivity contribution in [2.75, 3.05) is 6.61 Å². The summed E-state index contributed by atoms with van der Waals surface area (Å²) < 4.78 is 5.35. The van der Waals surface area contributed by atoms with Gasteiger partial charge in [0.25, 0.3) is 0 Å². The molecule has 0 aliphatic carbocycles. The maximum absolute atomic E-state index is 11.0. The summed E-state index contributed by atoms with van der Waals surface area (Å²) in [5.74, 6) is -0.854. The van der Waals surface area contributed by atoms with E-state index in [9.17, 15) is 4.79 Å². The van der Waals surface area contributed by atoms with E-state index >= 15 is 0 Å². The highest BCUT2D eigenvalue weighted by atomic mass is 16.5. The van der Waals surface area contributed by atoms with Crippen LogP contribution < -0.4 is 0 Å². The summed E-state index contributed by atoms with van der Waals surface area (Å²) in [5, 5.41) is 9.07. The molecule has 0 amide bonds. The number of ether oxygens (including phenoxy) is 1. The van der Waals surface area contributed by atoms with Crippen molar-refractivity contribution in [1.29, 1.82) is 0 Å². The summed E-state index contributed by atoms with van der Waals surface area (Å²) in [5.41, 5.74) is 0.865. The van der Waals surface area contributed by atoms with Crippen LogP contribution in [0.3, 0.4) is 0 Å². The number of aliphatic carboxylic acids is 1.